The molecule has 2 saturated heterocycles. The molecule has 4 aromatic carbocycles. The Hall–Kier alpha value is -6.80. The van der Waals surface area contributed by atoms with Crippen LogP contribution in [-0.2, 0) is 24.1 Å². The number of para-hydroxylation sites is 2. The fraction of sp³-hybridized carbons (Fsp3) is 0.333. The third-order valence-electron chi connectivity index (χ3n) is 10.6. The normalized spacial score (nSPS) is 14.8. The number of anilines is 2. The minimum absolute atomic E-state index is 0.0832. The summed E-state index contributed by atoms with van der Waals surface area (Å²) in [5.41, 5.74) is 3.60. The largest absolute Gasteiger partial charge is 0.471 e. The Labute approximate surface area is 371 Å². The SMILES string of the molecule is CN1CCN(C(=O)N(Cc2ccc(-c3nnc(C(F)(F)F)o3)cc2)c2ccccc2)CC1.CN1CCN(C(=O)N(Cc2ccc(C(=O)CNC(=O)C(F)(F)F)cc2)c2ccccc2)CC1. The summed E-state index contributed by atoms with van der Waals surface area (Å²) in [4.78, 5) is 60.9. The van der Waals surface area contributed by atoms with Gasteiger partial charge in [0, 0.05) is 74.9 Å². The third-order valence-corrected chi connectivity index (χ3v) is 10.6. The van der Waals surface area contributed by atoms with E-state index in [0.717, 1.165) is 48.7 Å². The number of nitrogens with zero attached hydrogens (tertiary/aromatic N) is 8. The maximum Gasteiger partial charge on any atom is 0.471 e. The second-order valence-electron chi connectivity index (χ2n) is 15.4. The Morgan fingerprint density at radius 3 is 1.43 bits per heavy atom. The van der Waals surface area contributed by atoms with Gasteiger partial charge >= 0.3 is 36.2 Å². The number of halogens is 6. The highest BCUT2D eigenvalue weighted by atomic mass is 19.4. The smallest absolute Gasteiger partial charge is 0.413 e. The van der Waals surface area contributed by atoms with Crippen LogP contribution in [0, 0.1) is 0 Å². The van der Waals surface area contributed by atoms with E-state index in [4.69, 9.17) is 4.42 Å². The van der Waals surface area contributed by atoms with Gasteiger partial charge in [-0.1, -0.05) is 72.8 Å². The molecule has 20 heteroatoms. The number of ketones is 1. The second-order valence-corrected chi connectivity index (χ2v) is 15.4. The summed E-state index contributed by atoms with van der Waals surface area (Å²) in [5, 5.41) is 8.09. The van der Waals surface area contributed by atoms with Gasteiger partial charge in [0.25, 0.3) is 0 Å². The summed E-state index contributed by atoms with van der Waals surface area (Å²) >= 11 is 0. The first kappa shape index (κ1) is 47.7. The predicted molar refractivity (Wildman–Crippen MR) is 229 cm³/mol. The van der Waals surface area contributed by atoms with E-state index < -0.39 is 36.5 Å². The zero-order valence-corrected chi connectivity index (χ0v) is 35.6. The number of alkyl halides is 6. The van der Waals surface area contributed by atoms with Crippen LogP contribution in [0.2, 0.25) is 0 Å². The maximum atomic E-state index is 13.3. The average molecular weight is 908 g/mol. The third kappa shape index (κ3) is 13.1. The van der Waals surface area contributed by atoms with Crippen molar-refractivity contribution in [2.45, 2.75) is 25.4 Å². The van der Waals surface area contributed by atoms with Crippen LogP contribution in [0.25, 0.3) is 11.5 Å². The maximum absolute atomic E-state index is 13.3. The Kier molecular flexibility index (Phi) is 15.6. The number of piperazine rings is 2. The molecule has 0 atom stereocenters. The zero-order valence-electron chi connectivity index (χ0n) is 35.6. The molecule has 0 saturated carbocycles. The lowest BCUT2D eigenvalue weighted by Crippen LogP contribution is -2.51. The number of nitrogens with one attached hydrogen (secondary N) is 1. The van der Waals surface area contributed by atoms with Crippen LogP contribution in [0.5, 0.6) is 0 Å². The number of aromatic nitrogens is 2. The van der Waals surface area contributed by atoms with Crippen LogP contribution in [-0.4, -0.2) is 133 Å². The molecule has 1 N–H and O–H groups in total. The highest BCUT2D eigenvalue weighted by Gasteiger charge is 2.39. The molecule has 344 valence electrons. The molecule has 2 aliphatic rings. The van der Waals surface area contributed by atoms with Crippen molar-refractivity contribution >= 4 is 35.1 Å². The molecule has 5 amide bonds. The first-order valence-electron chi connectivity index (χ1n) is 20.5. The van der Waals surface area contributed by atoms with Crippen molar-refractivity contribution in [1.29, 1.82) is 0 Å². The van der Waals surface area contributed by atoms with Crippen molar-refractivity contribution in [3.8, 4) is 11.5 Å². The van der Waals surface area contributed by atoms with E-state index in [1.807, 2.05) is 79.7 Å². The molecule has 2 aliphatic heterocycles. The number of hydrogen-bond donors (Lipinski definition) is 1. The molecule has 1 aromatic heterocycles. The van der Waals surface area contributed by atoms with Crippen LogP contribution in [0.1, 0.15) is 27.4 Å². The van der Waals surface area contributed by atoms with E-state index in [-0.39, 0.29) is 30.1 Å². The fourth-order valence-electron chi connectivity index (χ4n) is 6.82. The molecular weight excluding hydrogens is 861 g/mol. The predicted octanol–water partition coefficient (Wildman–Crippen LogP) is 7.05. The Morgan fingerprint density at radius 1 is 0.600 bits per heavy atom. The summed E-state index contributed by atoms with van der Waals surface area (Å²) in [7, 11) is 4.04. The highest BCUT2D eigenvalue weighted by molar-refractivity contribution is 6.00. The Morgan fingerprint density at radius 2 is 1.03 bits per heavy atom. The lowest BCUT2D eigenvalue weighted by Gasteiger charge is -2.36. The van der Waals surface area contributed by atoms with Gasteiger partial charge < -0.3 is 29.3 Å². The molecule has 0 bridgehead atoms. The summed E-state index contributed by atoms with van der Waals surface area (Å²) in [6.07, 6.45) is -9.73. The zero-order chi connectivity index (χ0) is 46.7. The van der Waals surface area contributed by atoms with Crippen molar-refractivity contribution in [3.63, 3.8) is 0 Å². The number of carbonyl (C=O) groups excluding carboxylic acids is 4. The number of likely N-dealkylation sites (N-methyl/N-ethyl adjacent to an activating group) is 2. The number of urea groups is 2. The van der Waals surface area contributed by atoms with E-state index in [0.29, 0.717) is 38.3 Å². The minimum atomic E-state index is -5.04. The first-order valence-corrected chi connectivity index (χ1v) is 20.5. The molecule has 2 fully saturated rings. The lowest BCUT2D eigenvalue weighted by atomic mass is 10.1. The standard InChI is InChI=1S/C23H25F3N4O3.C22H22F3N5O2/c1-28-11-13-29(14-12-28)22(33)30(19-5-3-2-4-6-19)16-17-7-9-18(10-8-17)20(31)15-27-21(32)23(24,25)26;1-28-11-13-29(14-12-28)21(31)30(18-5-3-2-4-6-18)15-16-7-9-17(10-8-16)19-26-27-20(32-19)22(23,24)25/h2-10H,11-16H2,1H3,(H,27,32);2-10H,11-15H2,1H3. The molecule has 0 unspecified atom stereocenters. The first-order chi connectivity index (χ1) is 31.0. The van der Waals surface area contributed by atoms with Gasteiger partial charge in [0.1, 0.15) is 0 Å². The van der Waals surface area contributed by atoms with E-state index in [1.165, 1.54) is 12.1 Å². The van der Waals surface area contributed by atoms with Gasteiger partial charge in [0.15, 0.2) is 5.78 Å². The second kappa shape index (κ2) is 21.3. The summed E-state index contributed by atoms with van der Waals surface area (Å²) in [6, 6.07) is 31.3. The van der Waals surface area contributed by atoms with Gasteiger partial charge in [-0.25, -0.2) is 9.59 Å². The molecule has 3 heterocycles. The number of benzene rings is 4. The summed E-state index contributed by atoms with van der Waals surface area (Å²) in [5.74, 6) is -4.40. The van der Waals surface area contributed by atoms with Gasteiger partial charge in [0.05, 0.1) is 19.6 Å². The average Bonchev–Trinajstić information content (AvgIpc) is 3.82. The van der Waals surface area contributed by atoms with Crippen LogP contribution in [0.15, 0.2) is 114 Å². The van der Waals surface area contributed by atoms with E-state index in [9.17, 15) is 45.5 Å². The van der Waals surface area contributed by atoms with Crippen molar-refractivity contribution in [1.82, 2.24) is 35.1 Å². The Bertz CT molecular complexity index is 2350. The van der Waals surface area contributed by atoms with Gasteiger partial charge in [-0.05, 0) is 61.6 Å². The topological polar surface area (TPSA) is 139 Å². The van der Waals surface area contributed by atoms with E-state index >= 15 is 0 Å². The molecule has 0 aliphatic carbocycles. The fourth-order valence-corrected chi connectivity index (χ4v) is 6.82. The van der Waals surface area contributed by atoms with Crippen molar-refractivity contribution in [2.75, 3.05) is 82.8 Å². The number of Topliss-reactive ketones (excluding diaryl/α,β-unsaturated/α-hetero) is 1. The van der Waals surface area contributed by atoms with Gasteiger partial charge in [0.2, 0.25) is 5.89 Å². The number of carbonyl (C=O) groups is 4. The molecule has 14 nitrogen and oxygen atoms in total. The molecule has 5 aromatic rings. The molecular formula is C45H47F6N9O5. The minimum Gasteiger partial charge on any atom is -0.413 e. The van der Waals surface area contributed by atoms with Gasteiger partial charge in [-0.2, -0.15) is 26.3 Å². The summed E-state index contributed by atoms with van der Waals surface area (Å²) < 4.78 is 79.6. The molecule has 0 radical (unpaired) electrons. The van der Waals surface area contributed by atoms with Crippen LogP contribution in [0.3, 0.4) is 0 Å². The van der Waals surface area contributed by atoms with Gasteiger partial charge in [-0.15, -0.1) is 10.2 Å². The monoisotopic (exact) mass is 907 g/mol. The number of hydrogen-bond acceptors (Lipinski definition) is 9. The van der Waals surface area contributed by atoms with Crippen LogP contribution < -0.4 is 15.1 Å². The van der Waals surface area contributed by atoms with Crippen LogP contribution >= 0.6 is 0 Å². The van der Waals surface area contributed by atoms with Crippen LogP contribution in [0.4, 0.5) is 47.3 Å². The highest BCUT2D eigenvalue weighted by Crippen LogP contribution is 2.31. The lowest BCUT2D eigenvalue weighted by molar-refractivity contribution is -0.173. The van der Waals surface area contributed by atoms with Crippen molar-refractivity contribution < 1.29 is 49.9 Å². The summed E-state index contributed by atoms with van der Waals surface area (Å²) in [6.45, 7) is 5.56. The quantitative estimate of drug-likeness (QED) is 0.115. The van der Waals surface area contributed by atoms with E-state index in [2.05, 4.69) is 20.0 Å². The van der Waals surface area contributed by atoms with Crippen molar-refractivity contribution in [2.24, 2.45) is 0 Å². The Balaban J connectivity index is 0.000000215. The number of amides is 5. The number of rotatable bonds is 10. The molecule has 0 spiro atoms. The molecule has 65 heavy (non-hydrogen) atoms. The molecule has 7 rings (SSSR count). The van der Waals surface area contributed by atoms with E-state index in [1.54, 1.807) is 56.4 Å². The van der Waals surface area contributed by atoms with Crippen molar-refractivity contribution in [3.05, 3.63) is 132 Å². The van der Waals surface area contributed by atoms with Gasteiger partial charge in [-0.3, -0.25) is 19.4 Å².